The molecule has 0 aromatic carbocycles. The number of aryl methyl sites for hydroxylation is 1. The lowest BCUT2D eigenvalue weighted by Crippen LogP contribution is -2.37. The van der Waals surface area contributed by atoms with Crippen LogP contribution >= 0.6 is 23.3 Å². The molecule has 4 aromatic rings. The van der Waals surface area contributed by atoms with Gasteiger partial charge in [-0.3, -0.25) is 4.98 Å². The number of piperidine rings is 1. The molecule has 10 nitrogen and oxygen atoms in total. The molecule has 184 valence electrons. The fourth-order valence-corrected chi connectivity index (χ4v) is 5.20. The lowest BCUT2D eigenvalue weighted by Gasteiger charge is -2.28. The van der Waals surface area contributed by atoms with Crippen LogP contribution in [0, 0.1) is 6.92 Å². The zero-order valence-electron chi connectivity index (χ0n) is 19.4. The molecule has 36 heavy (non-hydrogen) atoms. The molecule has 1 aliphatic rings. The van der Waals surface area contributed by atoms with Crippen LogP contribution < -0.4 is 10.1 Å². The number of carbonyl (C=O) groups is 1. The van der Waals surface area contributed by atoms with E-state index in [0.29, 0.717) is 48.4 Å². The maximum absolute atomic E-state index is 11.2. The van der Waals surface area contributed by atoms with Crippen molar-refractivity contribution in [1.29, 1.82) is 0 Å². The molecule has 5 rings (SSSR count). The van der Waals surface area contributed by atoms with Crippen LogP contribution in [0.4, 0.5) is 15.7 Å². The van der Waals surface area contributed by atoms with Crippen molar-refractivity contribution in [2.45, 2.75) is 35.6 Å². The van der Waals surface area contributed by atoms with Gasteiger partial charge < -0.3 is 20.1 Å². The quantitative estimate of drug-likeness (QED) is 0.318. The maximum Gasteiger partial charge on any atom is 0.407 e. The summed E-state index contributed by atoms with van der Waals surface area (Å²) in [4.78, 5) is 31.3. The van der Waals surface area contributed by atoms with Crippen LogP contribution in [0.15, 0.2) is 64.9 Å². The predicted molar refractivity (Wildman–Crippen MR) is 136 cm³/mol. The Morgan fingerprint density at radius 3 is 2.72 bits per heavy atom. The Labute approximate surface area is 216 Å². The lowest BCUT2D eigenvalue weighted by molar-refractivity contribution is 0.131. The first kappa shape index (κ1) is 23.9. The van der Waals surface area contributed by atoms with Gasteiger partial charge in [-0.15, -0.1) is 0 Å². The number of anilines is 2. The molecule has 1 aliphatic heterocycles. The van der Waals surface area contributed by atoms with Crippen molar-refractivity contribution in [1.82, 2.24) is 29.2 Å². The van der Waals surface area contributed by atoms with Crippen molar-refractivity contribution in [3.63, 3.8) is 0 Å². The first-order valence-electron chi connectivity index (χ1n) is 11.3. The average Bonchev–Trinajstić information content (AvgIpc) is 3.36. The van der Waals surface area contributed by atoms with Crippen LogP contribution in [0.2, 0.25) is 0 Å². The number of hydrogen-bond donors (Lipinski definition) is 2. The minimum atomic E-state index is -0.878. The second-order valence-corrected chi connectivity index (χ2v) is 9.92. The normalized spacial score (nSPS) is 14.0. The van der Waals surface area contributed by atoms with Crippen molar-refractivity contribution in [2.75, 3.05) is 18.4 Å². The van der Waals surface area contributed by atoms with E-state index < -0.39 is 6.09 Å². The molecule has 12 heteroatoms. The van der Waals surface area contributed by atoms with E-state index >= 15 is 0 Å². The predicted octanol–water partition coefficient (Wildman–Crippen LogP) is 5.58. The number of nitrogens with one attached hydrogen (secondary N) is 1. The molecule has 4 aromatic heterocycles. The van der Waals surface area contributed by atoms with Crippen LogP contribution in [0.5, 0.6) is 11.5 Å². The van der Waals surface area contributed by atoms with E-state index in [4.69, 9.17) is 9.84 Å². The van der Waals surface area contributed by atoms with Crippen LogP contribution in [0.25, 0.3) is 0 Å². The smallest absolute Gasteiger partial charge is 0.407 e. The third-order valence-electron chi connectivity index (χ3n) is 5.67. The summed E-state index contributed by atoms with van der Waals surface area (Å²) < 4.78 is 10.7. The monoisotopic (exact) mass is 521 g/mol. The van der Waals surface area contributed by atoms with Gasteiger partial charge in [-0.2, -0.15) is 4.37 Å². The van der Waals surface area contributed by atoms with Gasteiger partial charge in [-0.25, -0.2) is 19.7 Å². The number of ether oxygens (including phenoxy) is 1. The molecular formula is C24H23N7O3S2. The van der Waals surface area contributed by atoms with E-state index in [1.165, 1.54) is 28.2 Å². The molecule has 0 bridgehead atoms. The Hall–Kier alpha value is -3.77. The van der Waals surface area contributed by atoms with Crippen molar-refractivity contribution in [3.8, 4) is 11.5 Å². The molecule has 0 unspecified atom stereocenters. The van der Waals surface area contributed by atoms with E-state index in [1.54, 1.807) is 18.6 Å². The Morgan fingerprint density at radius 2 is 1.97 bits per heavy atom. The van der Waals surface area contributed by atoms with Crippen LogP contribution in [-0.4, -0.2) is 53.5 Å². The molecule has 0 spiro atoms. The Bertz CT molecular complexity index is 1340. The molecule has 1 saturated heterocycles. The Kier molecular flexibility index (Phi) is 7.23. The van der Waals surface area contributed by atoms with Crippen LogP contribution in [0.1, 0.15) is 30.3 Å². The summed E-state index contributed by atoms with van der Waals surface area (Å²) >= 11 is 2.72. The minimum Gasteiger partial charge on any atom is -0.465 e. The zero-order chi connectivity index (χ0) is 24.9. The highest BCUT2D eigenvalue weighted by atomic mass is 32.2. The summed E-state index contributed by atoms with van der Waals surface area (Å²) in [6.07, 6.45) is 5.76. The van der Waals surface area contributed by atoms with E-state index in [-0.39, 0.29) is 5.92 Å². The fourth-order valence-electron chi connectivity index (χ4n) is 3.76. The van der Waals surface area contributed by atoms with Gasteiger partial charge in [-0.1, -0.05) is 17.8 Å². The molecule has 5 heterocycles. The minimum absolute atomic E-state index is 0.143. The second kappa shape index (κ2) is 10.9. The summed E-state index contributed by atoms with van der Waals surface area (Å²) in [6, 6.07) is 11.3. The van der Waals surface area contributed by atoms with Crippen LogP contribution in [0.3, 0.4) is 0 Å². The fraction of sp³-hybridized carbons (Fsp3) is 0.250. The number of rotatable bonds is 7. The van der Waals surface area contributed by atoms with Gasteiger partial charge in [0.25, 0.3) is 0 Å². The molecule has 0 aliphatic carbocycles. The Balaban J connectivity index is 1.35. The summed E-state index contributed by atoms with van der Waals surface area (Å²) in [7, 11) is 0. The van der Waals surface area contributed by atoms with E-state index in [1.807, 2.05) is 43.3 Å². The van der Waals surface area contributed by atoms with Crippen molar-refractivity contribution in [3.05, 3.63) is 66.5 Å². The highest BCUT2D eigenvalue weighted by Gasteiger charge is 2.26. The summed E-state index contributed by atoms with van der Waals surface area (Å²) in [6.45, 7) is 2.88. The number of aromatic nitrogens is 5. The van der Waals surface area contributed by atoms with Gasteiger partial charge in [0, 0.05) is 55.2 Å². The SMILES string of the molecule is Cc1ncccc1Oc1cc(Nc2nc(C3CCN(C(=O)O)CC3)ns2)ncc1Sc1ccccn1. The number of hydrogen-bond acceptors (Lipinski definition) is 10. The second-order valence-electron chi connectivity index (χ2n) is 8.10. The molecule has 0 radical (unpaired) electrons. The zero-order valence-corrected chi connectivity index (χ0v) is 21.0. The molecule has 1 fully saturated rings. The topological polar surface area (TPSA) is 126 Å². The number of amides is 1. The van der Waals surface area contributed by atoms with E-state index in [2.05, 4.69) is 29.6 Å². The van der Waals surface area contributed by atoms with Crippen molar-refractivity contribution in [2.24, 2.45) is 0 Å². The van der Waals surface area contributed by atoms with Crippen molar-refractivity contribution < 1.29 is 14.6 Å². The maximum atomic E-state index is 11.2. The van der Waals surface area contributed by atoms with Gasteiger partial charge >= 0.3 is 6.09 Å². The summed E-state index contributed by atoms with van der Waals surface area (Å²) in [5.74, 6) is 2.72. The summed E-state index contributed by atoms with van der Waals surface area (Å²) in [5, 5.41) is 13.8. The highest BCUT2D eigenvalue weighted by Crippen LogP contribution is 2.38. The standard InChI is InChI=1S/C24H23N7O3S2/c1-15-17(5-4-10-25-15)34-18-13-20(27-14-19(18)35-21-6-2-3-9-26-21)28-23-29-22(30-36-23)16-7-11-31(12-8-16)24(32)33/h2-6,9-10,13-14,16H,7-8,11-12H2,1H3,(H,32,33)(H,27,28,29,30). The van der Waals surface area contributed by atoms with E-state index in [9.17, 15) is 4.79 Å². The number of pyridine rings is 3. The first-order chi connectivity index (χ1) is 17.5. The van der Waals surface area contributed by atoms with Gasteiger partial charge in [-0.05, 0) is 44.0 Å². The lowest BCUT2D eigenvalue weighted by atomic mass is 9.96. The number of nitrogens with zero attached hydrogens (tertiary/aromatic N) is 6. The molecule has 1 amide bonds. The highest BCUT2D eigenvalue weighted by molar-refractivity contribution is 7.99. The average molecular weight is 522 g/mol. The Morgan fingerprint density at radius 1 is 1.14 bits per heavy atom. The molecule has 0 atom stereocenters. The first-order valence-corrected chi connectivity index (χ1v) is 12.9. The number of likely N-dealkylation sites (tertiary alicyclic amines) is 1. The van der Waals surface area contributed by atoms with Gasteiger partial charge in [0.05, 0.1) is 10.6 Å². The van der Waals surface area contributed by atoms with E-state index in [0.717, 1.165) is 21.4 Å². The molecule has 2 N–H and O–H groups in total. The third-order valence-corrected chi connectivity index (χ3v) is 7.29. The molecule has 0 saturated carbocycles. The summed E-state index contributed by atoms with van der Waals surface area (Å²) in [5.41, 5.74) is 0.778. The molecular weight excluding hydrogens is 498 g/mol. The largest absolute Gasteiger partial charge is 0.465 e. The van der Waals surface area contributed by atoms with Crippen molar-refractivity contribution >= 4 is 40.3 Å². The van der Waals surface area contributed by atoms with Gasteiger partial charge in [0.1, 0.15) is 28.2 Å². The number of carboxylic acid groups (broad SMARTS) is 1. The van der Waals surface area contributed by atoms with Crippen LogP contribution in [-0.2, 0) is 0 Å². The van der Waals surface area contributed by atoms with Gasteiger partial charge in [0.15, 0.2) is 0 Å². The third kappa shape index (κ3) is 5.71. The van der Waals surface area contributed by atoms with Gasteiger partial charge in [0.2, 0.25) is 5.13 Å².